The zero-order valence-corrected chi connectivity index (χ0v) is 17.6. The molecule has 9 heteroatoms. The number of benzene rings is 2. The Morgan fingerprint density at radius 1 is 1.06 bits per heavy atom. The van der Waals surface area contributed by atoms with Gasteiger partial charge in [-0.25, -0.2) is 18.2 Å². The van der Waals surface area contributed by atoms with Crippen molar-refractivity contribution in [3.8, 4) is 0 Å². The second-order valence-electron chi connectivity index (χ2n) is 6.79. The van der Waals surface area contributed by atoms with Gasteiger partial charge in [0, 0.05) is 18.9 Å². The van der Waals surface area contributed by atoms with Crippen molar-refractivity contribution in [1.82, 2.24) is 14.7 Å². The Bertz CT molecular complexity index is 1150. The summed E-state index contributed by atoms with van der Waals surface area (Å²) in [4.78, 5) is 16.4. The maximum absolute atomic E-state index is 13.2. The maximum Gasteiger partial charge on any atom is 0.255 e. The summed E-state index contributed by atoms with van der Waals surface area (Å²) in [5.74, 6) is -1.04. The fraction of sp³-hybridized carbons (Fsp3) is 0.136. The monoisotopic (exact) mass is 440 g/mol. The first-order valence-corrected chi connectivity index (χ1v) is 10.8. The molecular formula is C22H21FN4O3S. The number of carbonyl (C=O) groups is 1. The van der Waals surface area contributed by atoms with Crippen LogP contribution in [0.25, 0.3) is 0 Å². The van der Waals surface area contributed by atoms with Gasteiger partial charge in [0.2, 0.25) is 10.0 Å². The number of hydrazone groups is 1. The highest BCUT2D eigenvalue weighted by molar-refractivity contribution is 7.89. The first-order chi connectivity index (χ1) is 14.8. The maximum atomic E-state index is 13.2. The predicted molar refractivity (Wildman–Crippen MR) is 115 cm³/mol. The third-order valence-corrected chi connectivity index (χ3v) is 6.17. The van der Waals surface area contributed by atoms with E-state index < -0.39 is 28.3 Å². The van der Waals surface area contributed by atoms with Gasteiger partial charge in [-0.2, -0.15) is 9.41 Å². The van der Waals surface area contributed by atoms with Crippen molar-refractivity contribution in [2.75, 3.05) is 6.54 Å². The lowest BCUT2D eigenvalue weighted by molar-refractivity contribution is -0.121. The molecule has 1 aromatic heterocycles. The highest BCUT2D eigenvalue weighted by Gasteiger charge is 2.27. The van der Waals surface area contributed by atoms with Gasteiger partial charge in [-0.3, -0.25) is 9.78 Å². The van der Waals surface area contributed by atoms with Gasteiger partial charge in [-0.1, -0.05) is 29.8 Å². The Morgan fingerprint density at radius 2 is 1.71 bits per heavy atom. The van der Waals surface area contributed by atoms with Gasteiger partial charge in [0.25, 0.3) is 5.91 Å². The largest absolute Gasteiger partial charge is 0.272 e. The lowest BCUT2D eigenvalue weighted by Gasteiger charge is -2.21. The van der Waals surface area contributed by atoms with Crippen LogP contribution < -0.4 is 5.43 Å². The number of pyridine rings is 1. The second kappa shape index (κ2) is 10.1. The second-order valence-corrected chi connectivity index (χ2v) is 8.72. The smallest absolute Gasteiger partial charge is 0.255 e. The number of carbonyl (C=O) groups excluding carboxylic acids is 1. The van der Waals surface area contributed by atoms with Crippen molar-refractivity contribution in [2.45, 2.75) is 18.4 Å². The summed E-state index contributed by atoms with van der Waals surface area (Å²) in [5, 5.41) is 3.86. The van der Waals surface area contributed by atoms with Crippen molar-refractivity contribution in [2.24, 2.45) is 5.10 Å². The molecule has 0 aliphatic carbocycles. The highest BCUT2D eigenvalue weighted by atomic mass is 32.2. The number of rotatable bonds is 8. The highest BCUT2D eigenvalue weighted by Crippen LogP contribution is 2.19. The van der Waals surface area contributed by atoms with E-state index in [0.717, 1.165) is 15.4 Å². The minimum Gasteiger partial charge on any atom is -0.272 e. The van der Waals surface area contributed by atoms with Crippen LogP contribution >= 0.6 is 0 Å². The number of aromatic nitrogens is 1. The van der Waals surface area contributed by atoms with E-state index in [1.807, 2.05) is 6.92 Å². The Morgan fingerprint density at radius 3 is 2.35 bits per heavy atom. The molecule has 0 saturated heterocycles. The number of amides is 1. The van der Waals surface area contributed by atoms with Crippen LogP contribution in [-0.2, 0) is 21.4 Å². The minimum absolute atomic E-state index is 0.0632. The molecule has 1 amide bonds. The Kier molecular flexibility index (Phi) is 7.22. The van der Waals surface area contributed by atoms with E-state index in [1.165, 1.54) is 42.6 Å². The predicted octanol–water partition coefficient (Wildman–Crippen LogP) is 2.87. The lowest BCUT2D eigenvalue weighted by atomic mass is 10.2. The molecule has 0 fully saturated rings. The summed E-state index contributed by atoms with van der Waals surface area (Å²) in [6.45, 7) is 1.29. The third kappa shape index (κ3) is 6.27. The van der Waals surface area contributed by atoms with E-state index in [4.69, 9.17) is 0 Å². The van der Waals surface area contributed by atoms with Crippen molar-refractivity contribution in [1.29, 1.82) is 0 Å². The summed E-state index contributed by atoms with van der Waals surface area (Å²) >= 11 is 0. The number of nitrogens with zero attached hydrogens (tertiary/aromatic N) is 3. The number of hydrogen-bond acceptors (Lipinski definition) is 5. The summed E-state index contributed by atoms with van der Waals surface area (Å²) in [6.07, 6.45) is 4.60. The molecule has 0 unspecified atom stereocenters. The summed E-state index contributed by atoms with van der Waals surface area (Å²) in [7, 11) is -3.98. The molecule has 1 N–H and O–H groups in total. The zero-order valence-electron chi connectivity index (χ0n) is 16.8. The number of halogens is 1. The van der Waals surface area contributed by atoms with Gasteiger partial charge in [-0.15, -0.1) is 0 Å². The van der Waals surface area contributed by atoms with E-state index in [1.54, 1.807) is 36.7 Å². The van der Waals surface area contributed by atoms with Crippen molar-refractivity contribution in [3.63, 3.8) is 0 Å². The fourth-order valence-electron chi connectivity index (χ4n) is 2.70. The first-order valence-electron chi connectivity index (χ1n) is 9.38. The summed E-state index contributed by atoms with van der Waals surface area (Å²) < 4.78 is 40.6. The first kappa shape index (κ1) is 22.3. The normalized spacial score (nSPS) is 11.7. The molecule has 2 aromatic carbocycles. The molecule has 160 valence electrons. The van der Waals surface area contributed by atoms with Crippen LogP contribution in [0.2, 0.25) is 0 Å². The average Bonchev–Trinajstić information content (AvgIpc) is 2.76. The average molecular weight is 441 g/mol. The topological polar surface area (TPSA) is 91.7 Å². The van der Waals surface area contributed by atoms with Crippen molar-refractivity contribution < 1.29 is 17.6 Å². The van der Waals surface area contributed by atoms with E-state index in [0.29, 0.717) is 5.56 Å². The standard InChI is InChI=1S/C22H21FN4O3S/c1-17-2-8-21(9-3-17)31(29,30)27(15-19-4-6-20(23)7-5-19)16-22(28)26-25-14-18-10-12-24-13-11-18/h2-14H,15-16H2,1H3,(H,26,28)/b25-14-. The molecule has 3 rings (SSSR count). The van der Waals surface area contributed by atoms with Crippen LogP contribution in [0.1, 0.15) is 16.7 Å². The van der Waals surface area contributed by atoms with Gasteiger partial charge in [0.1, 0.15) is 5.82 Å². The molecule has 0 atom stereocenters. The zero-order chi connectivity index (χ0) is 22.3. The van der Waals surface area contributed by atoms with Crippen molar-refractivity contribution >= 4 is 22.1 Å². The molecule has 0 aliphatic heterocycles. The van der Waals surface area contributed by atoms with Crippen LogP contribution in [0.5, 0.6) is 0 Å². The van der Waals surface area contributed by atoms with Gasteiger partial charge >= 0.3 is 0 Å². The summed E-state index contributed by atoms with van der Waals surface area (Å²) in [6, 6.07) is 15.2. The van der Waals surface area contributed by atoms with Crippen LogP contribution in [-0.4, -0.2) is 36.4 Å². The number of aryl methyl sites for hydroxylation is 1. The van der Waals surface area contributed by atoms with Crippen LogP contribution in [0.4, 0.5) is 4.39 Å². The Labute approximate surface area is 180 Å². The molecule has 0 radical (unpaired) electrons. The molecular weight excluding hydrogens is 419 g/mol. The molecule has 0 aliphatic rings. The SMILES string of the molecule is Cc1ccc(S(=O)(=O)N(CC(=O)N/N=C\c2ccncc2)Cc2ccc(F)cc2)cc1. The van der Waals surface area contributed by atoms with Gasteiger partial charge in [-0.05, 0) is 54.4 Å². The number of hydrogen-bond donors (Lipinski definition) is 1. The van der Waals surface area contributed by atoms with Gasteiger partial charge in [0.05, 0.1) is 17.7 Å². The number of sulfonamides is 1. The van der Waals surface area contributed by atoms with E-state index in [-0.39, 0.29) is 11.4 Å². The molecule has 7 nitrogen and oxygen atoms in total. The third-order valence-electron chi connectivity index (χ3n) is 4.36. The van der Waals surface area contributed by atoms with E-state index >= 15 is 0 Å². The molecule has 31 heavy (non-hydrogen) atoms. The van der Waals surface area contributed by atoms with E-state index in [9.17, 15) is 17.6 Å². The van der Waals surface area contributed by atoms with Gasteiger partial charge in [0.15, 0.2) is 0 Å². The quantitative estimate of drug-likeness (QED) is 0.431. The molecule has 3 aromatic rings. The fourth-order valence-corrected chi connectivity index (χ4v) is 4.09. The van der Waals surface area contributed by atoms with Gasteiger partial charge < -0.3 is 0 Å². The van der Waals surface area contributed by atoms with Crippen molar-refractivity contribution in [3.05, 3.63) is 95.6 Å². The molecule has 1 heterocycles. The Balaban J connectivity index is 1.79. The molecule has 0 spiro atoms. The van der Waals surface area contributed by atoms with Crippen LogP contribution in [0.15, 0.2) is 83.1 Å². The van der Waals surface area contributed by atoms with Crippen LogP contribution in [0.3, 0.4) is 0 Å². The minimum atomic E-state index is -3.98. The Hall–Kier alpha value is -3.43. The number of nitrogens with one attached hydrogen (secondary N) is 1. The molecule has 0 bridgehead atoms. The van der Waals surface area contributed by atoms with E-state index in [2.05, 4.69) is 15.5 Å². The van der Waals surface area contributed by atoms with Crippen LogP contribution in [0, 0.1) is 12.7 Å². The molecule has 0 saturated carbocycles. The lowest BCUT2D eigenvalue weighted by Crippen LogP contribution is -2.39. The summed E-state index contributed by atoms with van der Waals surface area (Å²) in [5.41, 5.74) is 4.52.